The highest BCUT2D eigenvalue weighted by molar-refractivity contribution is 7.98. The Morgan fingerprint density at radius 2 is 2.00 bits per heavy atom. The Hall–Kier alpha value is -1.55. The Morgan fingerprint density at radius 3 is 2.75 bits per heavy atom. The van der Waals surface area contributed by atoms with E-state index in [1.165, 1.54) is 5.56 Å². The second-order valence-corrected chi connectivity index (χ2v) is 4.11. The molecule has 0 bridgehead atoms. The van der Waals surface area contributed by atoms with Crippen LogP contribution in [-0.4, -0.2) is 16.2 Å². The predicted molar refractivity (Wildman–Crippen MR) is 67.6 cm³/mol. The molecule has 2 aromatic rings. The van der Waals surface area contributed by atoms with E-state index in [9.17, 15) is 0 Å². The molecule has 0 fully saturated rings. The average molecular weight is 231 g/mol. The van der Waals surface area contributed by atoms with Crippen molar-refractivity contribution in [1.29, 1.82) is 0 Å². The zero-order chi connectivity index (χ0) is 11.2. The van der Waals surface area contributed by atoms with Gasteiger partial charge in [-0.05, 0) is 11.8 Å². The molecular weight excluding hydrogens is 218 g/mol. The van der Waals surface area contributed by atoms with Crippen LogP contribution in [0.1, 0.15) is 5.56 Å². The molecule has 0 unspecified atom stereocenters. The summed E-state index contributed by atoms with van der Waals surface area (Å²) >= 11 is 1.61. The highest BCUT2D eigenvalue weighted by atomic mass is 32.2. The van der Waals surface area contributed by atoms with E-state index in [-0.39, 0.29) is 0 Å². The topological polar surface area (TPSA) is 37.8 Å². The van der Waals surface area contributed by atoms with Crippen LogP contribution in [0.25, 0.3) is 0 Å². The van der Waals surface area contributed by atoms with E-state index in [1.54, 1.807) is 18.1 Å². The fraction of sp³-hybridized carbons (Fsp3) is 0.167. The fourth-order valence-electron chi connectivity index (χ4n) is 1.34. The number of hydrogen-bond donors (Lipinski definition) is 1. The lowest BCUT2D eigenvalue weighted by Crippen LogP contribution is -2.01. The summed E-state index contributed by atoms with van der Waals surface area (Å²) in [6, 6.07) is 12.2. The quantitative estimate of drug-likeness (QED) is 0.648. The van der Waals surface area contributed by atoms with Gasteiger partial charge in [-0.3, -0.25) is 0 Å². The normalized spacial score (nSPS) is 10.1. The van der Waals surface area contributed by atoms with Gasteiger partial charge in [0, 0.05) is 12.6 Å². The van der Waals surface area contributed by atoms with E-state index in [2.05, 4.69) is 27.4 Å². The molecule has 0 spiro atoms. The first-order chi connectivity index (χ1) is 7.88. The standard InChI is InChI=1S/C12H13N3S/c1-16-12-7-11(14-9-15-12)13-8-10-5-3-2-4-6-10/h2-7,9H,8H2,1H3,(H,13,14,15). The van der Waals surface area contributed by atoms with Gasteiger partial charge in [-0.2, -0.15) is 0 Å². The summed E-state index contributed by atoms with van der Waals surface area (Å²) in [5.74, 6) is 0.864. The lowest BCUT2D eigenvalue weighted by molar-refractivity contribution is 1.02. The van der Waals surface area contributed by atoms with Gasteiger partial charge < -0.3 is 5.32 Å². The molecule has 1 heterocycles. The molecule has 0 aliphatic heterocycles. The molecule has 3 nitrogen and oxygen atoms in total. The predicted octanol–water partition coefficient (Wildman–Crippen LogP) is 2.81. The lowest BCUT2D eigenvalue weighted by atomic mass is 10.2. The Labute approximate surface area is 99.3 Å². The summed E-state index contributed by atoms with van der Waals surface area (Å²) in [6.07, 6.45) is 3.59. The first-order valence-electron chi connectivity index (χ1n) is 5.02. The molecule has 0 radical (unpaired) electrons. The van der Waals surface area contributed by atoms with E-state index in [4.69, 9.17) is 0 Å². The third-order valence-corrected chi connectivity index (χ3v) is 2.81. The molecule has 0 aliphatic rings. The third kappa shape index (κ3) is 2.97. The smallest absolute Gasteiger partial charge is 0.130 e. The first kappa shape index (κ1) is 11.0. The first-order valence-corrected chi connectivity index (χ1v) is 6.25. The van der Waals surface area contributed by atoms with Crippen LogP contribution in [0.2, 0.25) is 0 Å². The molecule has 0 saturated heterocycles. The number of anilines is 1. The average Bonchev–Trinajstić information content (AvgIpc) is 2.38. The molecule has 1 aromatic carbocycles. The third-order valence-electron chi connectivity index (χ3n) is 2.17. The molecule has 1 aromatic heterocycles. The number of thioether (sulfide) groups is 1. The van der Waals surface area contributed by atoms with Gasteiger partial charge >= 0.3 is 0 Å². The van der Waals surface area contributed by atoms with E-state index in [0.29, 0.717) is 0 Å². The molecule has 4 heteroatoms. The van der Waals surface area contributed by atoms with Crippen molar-refractivity contribution >= 4 is 17.6 Å². The zero-order valence-corrected chi connectivity index (χ0v) is 9.87. The van der Waals surface area contributed by atoms with Crippen molar-refractivity contribution < 1.29 is 0 Å². The number of hydrogen-bond acceptors (Lipinski definition) is 4. The van der Waals surface area contributed by atoms with Crippen LogP contribution in [0.5, 0.6) is 0 Å². The molecule has 0 atom stereocenters. The van der Waals surface area contributed by atoms with Crippen molar-refractivity contribution in [3.8, 4) is 0 Å². The second kappa shape index (κ2) is 5.51. The maximum atomic E-state index is 4.17. The molecular formula is C12H13N3S. The zero-order valence-electron chi connectivity index (χ0n) is 9.05. The summed E-state index contributed by atoms with van der Waals surface area (Å²) in [5, 5.41) is 4.25. The van der Waals surface area contributed by atoms with E-state index in [0.717, 1.165) is 17.4 Å². The van der Waals surface area contributed by atoms with Gasteiger partial charge in [0.1, 0.15) is 17.2 Å². The van der Waals surface area contributed by atoms with Gasteiger partial charge in [0.2, 0.25) is 0 Å². The van der Waals surface area contributed by atoms with Crippen LogP contribution in [0.3, 0.4) is 0 Å². The van der Waals surface area contributed by atoms with Gasteiger partial charge in [0.15, 0.2) is 0 Å². The van der Waals surface area contributed by atoms with Gasteiger partial charge in [0.25, 0.3) is 0 Å². The number of benzene rings is 1. The minimum atomic E-state index is 0.783. The number of rotatable bonds is 4. The summed E-state index contributed by atoms with van der Waals surface area (Å²) in [7, 11) is 0. The van der Waals surface area contributed by atoms with Crippen LogP contribution < -0.4 is 5.32 Å². The largest absolute Gasteiger partial charge is 0.366 e. The fourth-order valence-corrected chi connectivity index (χ4v) is 1.72. The minimum Gasteiger partial charge on any atom is -0.366 e. The van der Waals surface area contributed by atoms with Crippen LogP contribution in [0, 0.1) is 0 Å². The van der Waals surface area contributed by atoms with Crippen molar-refractivity contribution in [2.24, 2.45) is 0 Å². The maximum Gasteiger partial charge on any atom is 0.130 e. The summed E-state index contributed by atoms with van der Waals surface area (Å²) in [6.45, 7) is 0.783. The van der Waals surface area contributed by atoms with E-state index >= 15 is 0 Å². The summed E-state index contributed by atoms with van der Waals surface area (Å²) in [5.41, 5.74) is 1.24. The molecule has 1 N–H and O–H groups in total. The van der Waals surface area contributed by atoms with Gasteiger partial charge in [-0.25, -0.2) is 9.97 Å². The van der Waals surface area contributed by atoms with Crippen molar-refractivity contribution in [3.05, 3.63) is 48.3 Å². The van der Waals surface area contributed by atoms with Crippen molar-refractivity contribution in [1.82, 2.24) is 9.97 Å². The Kier molecular flexibility index (Phi) is 3.77. The second-order valence-electron chi connectivity index (χ2n) is 3.28. The molecule has 0 saturated carbocycles. The van der Waals surface area contributed by atoms with Crippen LogP contribution >= 0.6 is 11.8 Å². The van der Waals surface area contributed by atoms with Gasteiger partial charge in [-0.1, -0.05) is 30.3 Å². The highest BCUT2D eigenvalue weighted by Crippen LogP contribution is 2.14. The molecule has 82 valence electrons. The van der Waals surface area contributed by atoms with Crippen molar-refractivity contribution in [2.45, 2.75) is 11.6 Å². The molecule has 0 aliphatic carbocycles. The summed E-state index contributed by atoms with van der Waals surface area (Å²) in [4.78, 5) is 8.29. The molecule has 2 rings (SSSR count). The van der Waals surface area contributed by atoms with Crippen LogP contribution in [0.4, 0.5) is 5.82 Å². The Morgan fingerprint density at radius 1 is 1.19 bits per heavy atom. The Bertz CT molecular complexity index is 445. The molecule has 16 heavy (non-hydrogen) atoms. The van der Waals surface area contributed by atoms with Crippen LogP contribution in [0.15, 0.2) is 47.8 Å². The number of nitrogens with zero attached hydrogens (tertiary/aromatic N) is 2. The van der Waals surface area contributed by atoms with E-state index in [1.807, 2.05) is 30.5 Å². The molecule has 0 amide bonds. The Balaban J connectivity index is 1.99. The SMILES string of the molecule is CSc1cc(NCc2ccccc2)ncn1. The van der Waals surface area contributed by atoms with Crippen molar-refractivity contribution in [3.63, 3.8) is 0 Å². The minimum absolute atomic E-state index is 0.783. The van der Waals surface area contributed by atoms with Gasteiger partial charge in [-0.15, -0.1) is 11.8 Å². The van der Waals surface area contributed by atoms with Gasteiger partial charge in [0.05, 0.1) is 0 Å². The monoisotopic (exact) mass is 231 g/mol. The van der Waals surface area contributed by atoms with Crippen molar-refractivity contribution in [2.75, 3.05) is 11.6 Å². The highest BCUT2D eigenvalue weighted by Gasteiger charge is 1.97. The number of aromatic nitrogens is 2. The summed E-state index contributed by atoms with van der Waals surface area (Å²) < 4.78 is 0. The van der Waals surface area contributed by atoms with Crippen LogP contribution in [-0.2, 0) is 6.54 Å². The lowest BCUT2D eigenvalue weighted by Gasteiger charge is -2.05. The number of nitrogens with one attached hydrogen (secondary N) is 1. The maximum absolute atomic E-state index is 4.17. The van der Waals surface area contributed by atoms with E-state index < -0.39 is 0 Å².